The molecule has 28 heavy (non-hydrogen) atoms. The molecule has 0 saturated heterocycles. The highest BCUT2D eigenvalue weighted by Gasteiger charge is 2.08. The Morgan fingerprint density at radius 3 is 2.18 bits per heavy atom. The van der Waals surface area contributed by atoms with E-state index in [4.69, 9.17) is 4.74 Å². The van der Waals surface area contributed by atoms with E-state index in [-0.39, 0.29) is 5.91 Å². The fourth-order valence-corrected chi connectivity index (χ4v) is 2.95. The van der Waals surface area contributed by atoms with Crippen molar-refractivity contribution in [2.24, 2.45) is 0 Å². The molecule has 0 spiro atoms. The Balaban J connectivity index is 1.55. The van der Waals surface area contributed by atoms with Gasteiger partial charge in [0, 0.05) is 18.7 Å². The predicted molar refractivity (Wildman–Crippen MR) is 112 cm³/mol. The molecule has 0 heterocycles. The number of carbonyl (C=O) groups excluding carboxylic acids is 1. The van der Waals surface area contributed by atoms with Gasteiger partial charge in [0.1, 0.15) is 12.4 Å². The Hall–Kier alpha value is -3.11. The molecule has 3 aromatic carbocycles. The zero-order valence-corrected chi connectivity index (χ0v) is 16.4. The van der Waals surface area contributed by atoms with Crippen LogP contribution in [-0.4, -0.2) is 24.9 Å². The second kappa shape index (κ2) is 9.72. The first kappa shape index (κ1) is 19.6. The summed E-state index contributed by atoms with van der Waals surface area (Å²) < 4.78 is 5.77. The molecule has 0 aliphatic rings. The fraction of sp³-hybridized carbons (Fsp3) is 0.208. The van der Waals surface area contributed by atoms with Crippen molar-refractivity contribution in [2.45, 2.75) is 19.7 Å². The zero-order valence-electron chi connectivity index (χ0n) is 16.4. The first-order valence-corrected chi connectivity index (χ1v) is 9.38. The van der Waals surface area contributed by atoms with Crippen LogP contribution in [0.2, 0.25) is 0 Å². The Morgan fingerprint density at radius 1 is 0.857 bits per heavy atom. The quantitative estimate of drug-likeness (QED) is 0.641. The third kappa shape index (κ3) is 5.69. The van der Waals surface area contributed by atoms with E-state index in [2.05, 4.69) is 22.3 Å². The molecule has 0 aliphatic carbocycles. The van der Waals surface area contributed by atoms with Crippen LogP contribution in [0.3, 0.4) is 0 Å². The summed E-state index contributed by atoms with van der Waals surface area (Å²) in [6, 6.07) is 25.4. The van der Waals surface area contributed by atoms with E-state index < -0.39 is 0 Å². The number of carbonyl (C=O) groups is 1. The molecule has 4 nitrogen and oxygen atoms in total. The maximum atomic E-state index is 12.5. The van der Waals surface area contributed by atoms with Gasteiger partial charge in [-0.25, -0.2) is 0 Å². The summed E-state index contributed by atoms with van der Waals surface area (Å²) in [5.41, 5.74) is 4.09. The van der Waals surface area contributed by atoms with Crippen LogP contribution in [0.1, 0.15) is 27.0 Å². The summed E-state index contributed by atoms with van der Waals surface area (Å²) in [5.74, 6) is 0.658. The highest BCUT2D eigenvalue weighted by molar-refractivity contribution is 5.94. The molecule has 3 aromatic rings. The van der Waals surface area contributed by atoms with E-state index >= 15 is 0 Å². The summed E-state index contributed by atoms with van der Waals surface area (Å²) in [6.07, 6.45) is 0. The van der Waals surface area contributed by atoms with Crippen LogP contribution in [0.4, 0.5) is 0 Å². The van der Waals surface area contributed by atoms with Crippen LogP contribution in [0.25, 0.3) is 0 Å². The molecular weight excluding hydrogens is 348 g/mol. The number of amides is 1. The molecule has 0 saturated carbocycles. The van der Waals surface area contributed by atoms with E-state index in [1.165, 1.54) is 5.56 Å². The van der Waals surface area contributed by atoms with Crippen molar-refractivity contribution in [1.29, 1.82) is 0 Å². The van der Waals surface area contributed by atoms with Crippen LogP contribution in [0.15, 0.2) is 78.9 Å². The highest BCUT2D eigenvalue weighted by Crippen LogP contribution is 2.15. The van der Waals surface area contributed by atoms with Gasteiger partial charge < -0.3 is 15.0 Å². The topological polar surface area (TPSA) is 41.6 Å². The number of hydrogen-bond acceptors (Lipinski definition) is 3. The lowest BCUT2D eigenvalue weighted by Crippen LogP contribution is -2.24. The second-order valence-corrected chi connectivity index (χ2v) is 6.99. The minimum absolute atomic E-state index is 0.0886. The molecule has 1 amide bonds. The lowest BCUT2D eigenvalue weighted by atomic mass is 10.1. The molecule has 0 aliphatic heterocycles. The Labute approximate surface area is 166 Å². The summed E-state index contributed by atoms with van der Waals surface area (Å²) in [6.45, 7) is 1.86. The minimum atomic E-state index is -0.0886. The van der Waals surface area contributed by atoms with Gasteiger partial charge in [-0.1, -0.05) is 54.6 Å². The lowest BCUT2D eigenvalue weighted by molar-refractivity contribution is 0.0950. The van der Waals surface area contributed by atoms with Gasteiger partial charge in [0.25, 0.3) is 5.91 Å². The van der Waals surface area contributed by atoms with Gasteiger partial charge in [-0.05, 0) is 55.1 Å². The molecule has 4 heteroatoms. The second-order valence-electron chi connectivity index (χ2n) is 6.99. The number of ether oxygens (including phenoxy) is 1. The van der Waals surface area contributed by atoms with Crippen LogP contribution in [0, 0.1) is 0 Å². The van der Waals surface area contributed by atoms with Gasteiger partial charge >= 0.3 is 0 Å². The largest absolute Gasteiger partial charge is 0.489 e. The smallest absolute Gasteiger partial charge is 0.251 e. The zero-order chi connectivity index (χ0) is 19.8. The van der Waals surface area contributed by atoms with E-state index in [1.54, 1.807) is 12.1 Å². The maximum absolute atomic E-state index is 12.5. The van der Waals surface area contributed by atoms with E-state index in [0.29, 0.717) is 18.7 Å². The van der Waals surface area contributed by atoms with Crippen LogP contribution >= 0.6 is 0 Å². The monoisotopic (exact) mass is 374 g/mol. The van der Waals surface area contributed by atoms with Gasteiger partial charge in [-0.3, -0.25) is 4.79 Å². The van der Waals surface area contributed by atoms with Gasteiger partial charge in [0.2, 0.25) is 0 Å². The summed E-state index contributed by atoms with van der Waals surface area (Å²) >= 11 is 0. The van der Waals surface area contributed by atoms with Crippen molar-refractivity contribution < 1.29 is 9.53 Å². The van der Waals surface area contributed by atoms with Crippen molar-refractivity contribution in [3.05, 3.63) is 101 Å². The number of rotatable bonds is 8. The fourth-order valence-electron chi connectivity index (χ4n) is 2.95. The van der Waals surface area contributed by atoms with Crippen molar-refractivity contribution >= 4 is 5.91 Å². The average molecular weight is 374 g/mol. The Bertz CT molecular complexity index is 890. The molecule has 0 unspecified atom stereocenters. The Kier molecular flexibility index (Phi) is 6.82. The van der Waals surface area contributed by atoms with Crippen molar-refractivity contribution in [3.8, 4) is 5.75 Å². The Morgan fingerprint density at radius 2 is 1.50 bits per heavy atom. The molecule has 0 bridgehead atoms. The average Bonchev–Trinajstić information content (AvgIpc) is 2.72. The van der Waals surface area contributed by atoms with Crippen LogP contribution in [-0.2, 0) is 19.7 Å². The minimum Gasteiger partial charge on any atom is -0.489 e. The van der Waals surface area contributed by atoms with Crippen molar-refractivity contribution in [3.63, 3.8) is 0 Å². The SMILES string of the molecule is CN(C)Cc1ccccc1CNC(=O)c1ccc(OCc2ccccc2)cc1. The molecule has 3 rings (SSSR count). The number of benzene rings is 3. The lowest BCUT2D eigenvalue weighted by Gasteiger charge is -2.14. The number of nitrogens with one attached hydrogen (secondary N) is 1. The van der Waals surface area contributed by atoms with Gasteiger partial charge in [-0.2, -0.15) is 0 Å². The van der Waals surface area contributed by atoms with E-state index in [1.807, 2.05) is 68.7 Å². The molecule has 0 radical (unpaired) electrons. The van der Waals surface area contributed by atoms with Crippen LogP contribution < -0.4 is 10.1 Å². The molecule has 144 valence electrons. The van der Waals surface area contributed by atoms with E-state index in [9.17, 15) is 4.79 Å². The first-order valence-electron chi connectivity index (χ1n) is 9.38. The number of nitrogens with zero attached hydrogens (tertiary/aromatic N) is 1. The van der Waals surface area contributed by atoms with Crippen molar-refractivity contribution in [2.75, 3.05) is 14.1 Å². The molecule has 0 aromatic heterocycles. The predicted octanol–water partition coefficient (Wildman–Crippen LogP) is 4.26. The summed E-state index contributed by atoms with van der Waals surface area (Å²) in [4.78, 5) is 14.6. The third-order valence-corrected chi connectivity index (χ3v) is 4.41. The maximum Gasteiger partial charge on any atom is 0.251 e. The van der Waals surface area contributed by atoms with Gasteiger partial charge in [-0.15, -0.1) is 0 Å². The first-order chi connectivity index (χ1) is 13.6. The van der Waals surface area contributed by atoms with Crippen LogP contribution in [0.5, 0.6) is 5.75 Å². The van der Waals surface area contributed by atoms with Gasteiger partial charge in [0.15, 0.2) is 0 Å². The molecule has 0 atom stereocenters. The summed E-state index contributed by atoms with van der Waals surface area (Å²) in [5, 5.41) is 3.01. The highest BCUT2D eigenvalue weighted by atomic mass is 16.5. The van der Waals surface area contributed by atoms with Gasteiger partial charge in [0.05, 0.1) is 0 Å². The van der Waals surface area contributed by atoms with Crippen molar-refractivity contribution in [1.82, 2.24) is 10.2 Å². The molecular formula is C24H26N2O2. The molecule has 1 N–H and O–H groups in total. The normalized spacial score (nSPS) is 10.7. The summed E-state index contributed by atoms with van der Waals surface area (Å²) in [7, 11) is 4.08. The van der Waals surface area contributed by atoms with E-state index in [0.717, 1.165) is 23.4 Å². The standard InChI is InChI=1S/C24H26N2O2/c1-26(2)17-22-11-7-6-10-21(22)16-25-24(27)20-12-14-23(15-13-20)28-18-19-8-4-3-5-9-19/h3-15H,16-18H2,1-2H3,(H,25,27). The molecule has 0 fully saturated rings. The third-order valence-electron chi connectivity index (χ3n) is 4.41. The number of hydrogen-bond donors (Lipinski definition) is 1.